The largest absolute Gasteiger partial charge is 0.317 e. The van der Waals surface area contributed by atoms with E-state index in [4.69, 9.17) is 0 Å². The van der Waals surface area contributed by atoms with Gasteiger partial charge in [0, 0.05) is 24.9 Å². The minimum atomic E-state index is -3.35. The zero-order chi connectivity index (χ0) is 15.8. The maximum Gasteiger partial charge on any atom is 0.279 e. The SMILES string of the molecule is CCCNCCCN(C)S(=O)(=O)NCC1(SC)CCCC1. The predicted molar refractivity (Wildman–Crippen MR) is 92.0 cm³/mol. The highest BCUT2D eigenvalue weighted by Crippen LogP contribution is 2.39. The molecule has 1 fully saturated rings. The number of hydrogen-bond donors (Lipinski definition) is 2. The molecule has 0 aromatic heterocycles. The minimum Gasteiger partial charge on any atom is -0.317 e. The topological polar surface area (TPSA) is 61.4 Å². The highest BCUT2D eigenvalue weighted by Gasteiger charge is 2.34. The quantitative estimate of drug-likeness (QED) is 0.565. The second-order valence-electron chi connectivity index (χ2n) is 5.85. The van der Waals surface area contributed by atoms with Gasteiger partial charge in [-0.2, -0.15) is 24.5 Å². The molecule has 1 aliphatic carbocycles. The van der Waals surface area contributed by atoms with Crippen molar-refractivity contribution in [2.24, 2.45) is 0 Å². The molecule has 1 rings (SSSR count). The van der Waals surface area contributed by atoms with Crippen LogP contribution < -0.4 is 10.0 Å². The standard InChI is InChI=1S/C14H31N3O2S2/c1-4-10-15-11-7-12-17(2)21(18,19)16-13-14(20-3)8-5-6-9-14/h15-16H,4-13H2,1-3H3. The van der Waals surface area contributed by atoms with Crippen LogP contribution in [-0.4, -0.2) is 57.0 Å². The molecule has 0 radical (unpaired) electrons. The molecule has 0 aromatic carbocycles. The van der Waals surface area contributed by atoms with Gasteiger partial charge in [-0.05, 0) is 45.0 Å². The molecule has 0 aromatic rings. The van der Waals surface area contributed by atoms with Gasteiger partial charge in [0.15, 0.2) is 0 Å². The Morgan fingerprint density at radius 2 is 1.90 bits per heavy atom. The number of thioether (sulfide) groups is 1. The summed E-state index contributed by atoms with van der Waals surface area (Å²) in [5.41, 5.74) is 0. The Labute approximate surface area is 134 Å². The average Bonchev–Trinajstić information content (AvgIpc) is 2.94. The van der Waals surface area contributed by atoms with E-state index in [2.05, 4.69) is 23.2 Å². The van der Waals surface area contributed by atoms with Crippen LogP contribution in [0.2, 0.25) is 0 Å². The Hall–Kier alpha value is 0.180. The Bertz CT molecular complexity index is 382. The van der Waals surface area contributed by atoms with Crippen LogP contribution in [0, 0.1) is 0 Å². The van der Waals surface area contributed by atoms with Crippen molar-refractivity contribution in [3.63, 3.8) is 0 Å². The lowest BCUT2D eigenvalue weighted by Gasteiger charge is -2.28. The van der Waals surface area contributed by atoms with Gasteiger partial charge in [-0.25, -0.2) is 4.72 Å². The molecule has 0 unspecified atom stereocenters. The number of rotatable bonds is 11. The molecular weight excluding hydrogens is 306 g/mol. The van der Waals surface area contributed by atoms with Crippen molar-refractivity contribution in [3.05, 3.63) is 0 Å². The first-order valence-electron chi connectivity index (χ1n) is 7.92. The maximum absolute atomic E-state index is 12.3. The first-order valence-corrected chi connectivity index (χ1v) is 10.6. The fourth-order valence-electron chi connectivity index (χ4n) is 2.65. The zero-order valence-electron chi connectivity index (χ0n) is 13.7. The Kier molecular flexibility index (Phi) is 8.56. The first-order chi connectivity index (χ1) is 9.96. The summed E-state index contributed by atoms with van der Waals surface area (Å²) in [4.78, 5) is 0. The third kappa shape index (κ3) is 6.44. The van der Waals surface area contributed by atoms with Crippen molar-refractivity contribution in [1.29, 1.82) is 0 Å². The monoisotopic (exact) mass is 337 g/mol. The summed E-state index contributed by atoms with van der Waals surface area (Å²) >= 11 is 1.80. The summed E-state index contributed by atoms with van der Waals surface area (Å²) in [7, 11) is -1.69. The van der Waals surface area contributed by atoms with Crippen LogP contribution in [0.25, 0.3) is 0 Å². The molecule has 126 valence electrons. The van der Waals surface area contributed by atoms with E-state index in [1.807, 2.05) is 0 Å². The lowest BCUT2D eigenvalue weighted by Crippen LogP contribution is -2.45. The van der Waals surface area contributed by atoms with E-state index in [0.717, 1.165) is 38.8 Å². The van der Waals surface area contributed by atoms with Crippen LogP contribution in [0.1, 0.15) is 45.4 Å². The van der Waals surface area contributed by atoms with Crippen LogP contribution in [0.4, 0.5) is 0 Å². The fourth-order valence-corrected chi connectivity index (χ4v) is 4.71. The van der Waals surface area contributed by atoms with Gasteiger partial charge in [0.2, 0.25) is 0 Å². The second kappa shape index (κ2) is 9.35. The fraction of sp³-hybridized carbons (Fsp3) is 1.00. The number of nitrogens with zero attached hydrogens (tertiary/aromatic N) is 1. The molecule has 0 saturated heterocycles. The predicted octanol–water partition coefficient (Wildman–Crippen LogP) is 1.82. The zero-order valence-corrected chi connectivity index (χ0v) is 15.3. The summed E-state index contributed by atoms with van der Waals surface area (Å²) in [6.45, 7) is 5.08. The van der Waals surface area contributed by atoms with Gasteiger partial charge >= 0.3 is 0 Å². The van der Waals surface area contributed by atoms with E-state index in [9.17, 15) is 8.42 Å². The van der Waals surface area contributed by atoms with Crippen LogP contribution >= 0.6 is 11.8 Å². The van der Waals surface area contributed by atoms with Gasteiger partial charge in [-0.3, -0.25) is 0 Å². The molecule has 5 nitrogen and oxygen atoms in total. The van der Waals surface area contributed by atoms with Crippen molar-refractivity contribution in [2.75, 3.05) is 39.5 Å². The van der Waals surface area contributed by atoms with E-state index in [-0.39, 0.29) is 4.75 Å². The normalized spacial score (nSPS) is 18.5. The maximum atomic E-state index is 12.3. The summed E-state index contributed by atoms with van der Waals surface area (Å²) < 4.78 is 28.8. The summed E-state index contributed by atoms with van der Waals surface area (Å²) in [6, 6.07) is 0. The van der Waals surface area contributed by atoms with E-state index in [0.29, 0.717) is 13.1 Å². The van der Waals surface area contributed by atoms with E-state index >= 15 is 0 Å². The van der Waals surface area contributed by atoms with Crippen molar-refractivity contribution >= 4 is 22.0 Å². The number of nitrogens with one attached hydrogen (secondary N) is 2. The van der Waals surface area contributed by atoms with Gasteiger partial charge in [0.1, 0.15) is 0 Å². The highest BCUT2D eigenvalue weighted by molar-refractivity contribution is 8.00. The Morgan fingerprint density at radius 1 is 1.24 bits per heavy atom. The molecule has 2 N–H and O–H groups in total. The molecule has 1 saturated carbocycles. The first kappa shape index (κ1) is 19.2. The minimum absolute atomic E-state index is 0.108. The van der Waals surface area contributed by atoms with Gasteiger partial charge in [-0.1, -0.05) is 19.8 Å². The van der Waals surface area contributed by atoms with Crippen molar-refractivity contribution in [3.8, 4) is 0 Å². The molecule has 0 spiro atoms. The lowest BCUT2D eigenvalue weighted by molar-refractivity contribution is 0.439. The summed E-state index contributed by atoms with van der Waals surface area (Å²) in [5, 5.41) is 3.29. The second-order valence-corrected chi connectivity index (χ2v) is 8.98. The van der Waals surface area contributed by atoms with Crippen LogP contribution in [0.15, 0.2) is 0 Å². The van der Waals surface area contributed by atoms with Gasteiger partial charge < -0.3 is 5.32 Å². The third-order valence-corrected chi connectivity index (χ3v) is 7.12. The average molecular weight is 338 g/mol. The molecule has 0 heterocycles. The molecule has 21 heavy (non-hydrogen) atoms. The molecule has 1 aliphatic rings. The van der Waals surface area contributed by atoms with Crippen LogP contribution in [0.3, 0.4) is 0 Å². The van der Waals surface area contributed by atoms with Crippen LogP contribution in [-0.2, 0) is 10.2 Å². The molecule has 0 atom stereocenters. The van der Waals surface area contributed by atoms with Crippen molar-refractivity contribution in [1.82, 2.24) is 14.3 Å². The van der Waals surface area contributed by atoms with Gasteiger partial charge in [0.25, 0.3) is 10.2 Å². The third-order valence-electron chi connectivity index (χ3n) is 4.19. The molecule has 0 aliphatic heterocycles. The van der Waals surface area contributed by atoms with Gasteiger partial charge in [-0.15, -0.1) is 0 Å². The molecule has 0 amide bonds. The highest BCUT2D eigenvalue weighted by atomic mass is 32.2. The molecule has 7 heteroatoms. The van der Waals surface area contributed by atoms with E-state index in [1.165, 1.54) is 17.1 Å². The van der Waals surface area contributed by atoms with Crippen LogP contribution in [0.5, 0.6) is 0 Å². The smallest absolute Gasteiger partial charge is 0.279 e. The van der Waals surface area contributed by atoms with E-state index < -0.39 is 10.2 Å². The lowest BCUT2D eigenvalue weighted by atomic mass is 10.1. The molecular formula is C14H31N3O2S2. The number of hydrogen-bond acceptors (Lipinski definition) is 4. The summed E-state index contributed by atoms with van der Waals surface area (Å²) in [6.07, 6.45) is 8.67. The van der Waals surface area contributed by atoms with E-state index in [1.54, 1.807) is 18.8 Å². The molecule has 0 bridgehead atoms. The Morgan fingerprint density at radius 3 is 2.48 bits per heavy atom. The van der Waals surface area contributed by atoms with Crippen molar-refractivity contribution < 1.29 is 8.42 Å². The Balaban J connectivity index is 2.34. The van der Waals surface area contributed by atoms with Gasteiger partial charge in [0.05, 0.1) is 0 Å². The summed E-state index contributed by atoms with van der Waals surface area (Å²) in [5.74, 6) is 0. The van der Waals surface area contributed by atoms with Crippen molar-refractivity contribution in [2.45, 2.75) is 50.2 Å².